The molecule has 1 saturated heterocycles. The van der Waals surface area contributed by atoms with E-state index in [0.717, 1.165) is 12.8 Å². The van der Waals surface area contributed by atoms with Crippen LogP contribution < -0.4 is 5.32 Å². The molecule has 3 rings (SSSR count). The molecule has 0 radical (unpaired) electrons. The zero-order chi connectivity index (χ0) is 22.1. The lowest BCUT2D eigenvalue weighted by Crippen LogP contribution is -2.56. The number of nitrogens with zero attached hydrogens (tertiary/aromatic N) is 3. The Morgan fingerprint density at radius 2 is 1.93 bits per heavy atom. The van der Waals surface area contributed by atoms with Gasteiger partial charge in [0, 0.05) is 31.1 Å². The molecule has 0 bridgehead atoms. The molecule has 1 aliphatic carbocycles. The summed E-state index contributed by atoms with van der Waals surface area (Å²) in [5.74, 6) is 0.865. The number of amides is 1. The Balaban J connectivity index is 1.58. The fourth-order valence-electron chi connectivity index (χ4n) is 5.08. The van der Waals surface area contributed by atoms with Crippen LogP contribution in [0.15, 0.2) is 9.42 Å². The normalized spacial score (nSPS) is 26.8. The SMILES string of the molecule is Cc1noc(C)c1S(=O)(=O)N1CCC(C(=O)NC[C@]2(N(C)C)CCC[C@@H](C)C2)CC1. The summed E-state index contributed by atoms with van der Waals surface area (Å²) in [4.78, 5) is 15.3. The minimum absolute atomic E-state index is 0.0146. The van der Waals surface area contributed by atoms with Crippen LogP contribution in [0.2, 0.25) is 0 Å². The van der Waals surface area contributed by atoms with Crippen molar-refractivity contribution in [2.45, 2.75) is 69.7 Å². The average molecular weight is 441 g/mol. The van der Waals surface area contributed by atoms with Crippen molar-refractivity contribution in [3.8, 4) is 0 Å². The smallest absolute Gasteiger partial charge is 0.248 e. The molecule has 30 heavy (non-hydrogen) atoms. The first-order valence-corrected chi connectivity index (χ1v) is 12.4. The number of aryl methyl sites for hydroxylation is 2. The standard InChI is InChI=1S/C21H36N4O4S/c1-15-7-6-10-21(13-15,24(4)5)14-22-20(26)18-8-11-25(12-9-18)30(27,28)19-16(2)23-29-17(19)3/h15,18H,6-14H2,1-5H3,(H,22,26)/t15-,21+/m1/s1. The van der Waals surface area contributed by atoms with Crippen molar-refractivity contribution in [1.82, 2.24) is 19.7 Å². The molecule has 1 aromatic rings. The third kappa shape index (κ3) is 4.57. The second-order valence-electron chi connectivity index (χ2n) is 9.37. The van der Waals surface area contributed by atoms with Gasteiger partial charge in [0.05, 0.1) is 0 Å². The van der Waals surface area contributed by atoms with E-state index in [1.165, 1.54) is 17.1 Å². The maximum atomic E-state index is 13.0. The van der Waals surface area contributed by atoms with E-state index in [2.05, 4.69) is 36.4 Å². The maximum Gasteiger partial charge on any atom is 0.248 e. The Morgan fingerprint density at radius 3 is 2.47 bits per heavy atom. The highest BCUT2D eigenvalue weighted by atomic mass is 32.2. The summed E-state index contributed by atoms with van der Waals surface area (Å²) in [6.45, 7) is 6.85. The number of carbonyl (C=O) groups excluding carboxylic acids is 1. The van der Waals surface area contributed by atoms with Crippen molar-refractivity contribution in [3.05, 3.63) is 11.5 Å². The second kappa shape index (κ2) is 8.96. The largest absolute Gasteiger partial charge is 0.360 e. The maximum absolute atomic E-state index is 13.0. The molecular weight excluding hydrogens is 404 g/mol. The molecule has 1 aromatic heterocycles. The Morgan fingerprint density at radius 1 is 1.27 bits per heavy atom. The van der Waals surface area contributed by atoms with Gasteiger partial charge in [-0.25, -0.2) is 8.42 Å². The molecule has 8 nitrogen and oxygen atoms in total. The zero-order valence-electron chi connectivity index (χ0n) is 18.9. The van der Waals surface area contributed by atoms with Gasteiger partial charge in [-0.05, 0) is 59.5 Å². The molecule has 170 valence electrons. The van der Waals surface area contributed by atoms with Crippen LogP contribution in [-0.4, -0.2) is 68.0 Å². The number of hydrogen-bond donors (Lipinski definition) is 1. The highest BCUT2D eigenvalue weighted by Crippen LogP contribution is 2.35. The lowest BCUT2D eigenvalue weighted by Gasteiger charge is -2.45. The number of nitrogens with one attached hydrogen (secondary N) is 1. The predicted octanol–water partition coefficient (Wildman–Crippen LogP) is 2.32. The molecular formula is C21H36N4O4S. The van der Waals surface area contributed by atoms with E-state index >= 15 is 0 Å². The van der Waals surface area contributed by atoms with Crippen LogP contribution in [-0.2, 0) is 14.8 Å². The fraction of sp³-hybridized carbons (Fsp3) is 0.810. The Bertz CT molecular complexity index is 839. The van der Waals surface area contributed by atoms with Crippen LogP contribution in [0.5, 0.6) is 0 Å². The minimum atomic E-state index is -3.65. The number of aromatic nitrogens is 1. The van der Waals surface area contributed by atoms with Crippen LogP contribution in [0.1, 0.15) is 56.9 Å². The highest BCUT2D eigenvalue weighted by molar-refractivity contribution is 7.89. The van der Waals surface area contributed by atoms with Gasteiger partial charge < -0.3 is 14.7 Å². The monoisotopic (exact) mass is 440 g/mol. The van der Waals surface area contributed by atoms with E-state index in [9.17, 15) is 13.2 Å². The van der Waals surface area contributed by atoms with E-state index in [-0.39, 0.29) is 22.3 Å². The fourth-order valence-corrected chi connectivity index (χ4v) is 6.84. The van der Waals surface area contributed by atoms with Crippen LogP contribution in [0, 0.1) is 25.7 Å². The molecule has 1 amide bonds. The Kier molecular flexibility index (Phi) is 6.94. The van der Waals surface area contributed by atoms with Gasteiger partial charge in [0.1, 0.15) is 10.6 Å². The quantitative estimate of drug-likeness (QED) is 0.729. The number of rotatable bonds is 6. The lowest BCUT2D eigenvalue weighted by molar-refractivity contribution is -0.127. The van der Waals surface area contributed by atoms with E-state index in [1.807, 2.05) is 0 Å². The van der Waals surface area contributed by atoms with Gasteiger partial charge in [-0.1, -0.05) is 24.9 Å². The van der Waals surface area contributed by atoms with Gasteiger partial charge in [-0.15, -0.1) is 0 Å². The molecule has 0 spiro atoms. The van der Waals surface area contributed by atoms with Gasteiger partial charge >= 0.3 is 0 Å². The average Bonchev–Trinajstić information content (AvgIpc) is 3.05. The molecule has 1 aliphatic heterocycles. The first-order chi connectivity index (χ1) is 14.1. The van der Waals surface area contributed by atoms with Crippen LogP contribution in [0.25, 0.3) is 0 Å². The van der Waals surface area contributed by atoms with Crippen molar-refractivity contribution < 1.29 is 17.7 Å². The second-order valence-corrected chi connectivity index (χ2v) is 11.2. The van der Waals surface area contributed by atoms with Crippen molar-refractivity contribution in [2.24, 2.45) is 11.8 Å². The Hall–Kier alpha value is -1.45. The third-order valence-corrected chi connectivity index (χ3v) is 9.14. The lowest BCUT2D eigenvalue weighted by atomic mass is 9.75. The van der Waals surface area contributed by atoms with Crippen molar-refractivity contribution in [1.29, 1.82) is 0 Å². The molecule has 9 heteroatoms. The van der Waals surface area contributed by atoms with E-state index < -0.39 is 10.0 Å². The van der Waals surface area contributed by atoms with Crippen molar-refractivity contribution in [3.63, 3.8) is 0 Å². The minimum Gasteiger partial charge on any atom is -0.360 e. The van der Waals surface area contributed by atoms with E-state index in [4.69, 9.17) is 4.52 Å². The molecule has 1 saturated carbocycles. The number of piperidine rings is 1. The summed E-state index contributed by atoms with van der Waals surface area (Å²) >= 11 is 0. The summed E-state index contributed by atoms with van der Waals surface area (Å²) in [6.07, 6.45) is 5.68. The molecule has 2 fully saturated rings. The third-order valence-electron chi connectivity index (χ3n) is 7.00. The number of carbonyl (C=O) groups is 1. The number of sulfonamides is 1. The van der Waals surface area contributed by atoms with E-state index in [1.54, 1.807) is 13.8 Å². The molecule has 1 N–H and O–H groups in total. The number of hydrogen-bond acceptors (Lipinski definition) is 6. The number of likely N-dealkylation sites (N-methyl/N-ethyl adjacent to an activating group) is 1. The van der Waals surface area contributed by atoms with Crippen molar-refractivity contribution >= 4 is 15.9 Å². The predicted molar refractivity (Wildman–Crippen MR) is 115 cm³/mol. The molecule has 2 aliphatic rings. The summed E-state index contributed by atoms with van der Waals surface area (Å²) in [7, 11) is 0.552. The van der Waals surface area contributed by atoms with Crippen LogP contribution >= 0.6 is 0 Å². The molecule has 2 atom stereocenters. The zero-order valence-corrected chi connectivity index (χ0v) is 19.7. The van der Waals surface area contributed by atoms with E-state index in [0.29, 0.717) is 49.8 Å². The van der Waals surface area contributed by atoms with Gasteiger partial charge in [-0.3, -0.25) is 4.79 Å². The van der Waals surface area contributed by atoms with Gasteiger partial charge in [-0.2, -0.15) is 4.31 Å². The van der Waals surface area contributed by atoms with Gasteiger partial charge in [0.2, 0.25) is 15.9 Å². The topological polar surface area (TPSA) is 95.8 Å². The summed E-state index contributed by atoms with van der Waals surface area (Å²) in [5, 5.41) is 6.96. The van der Waals surface area contributed by atoms with Crippen LogP contribution in [0.3, 0.4) is 0 Å². The van der Waals surface area contributed by atoms with Gasteiger partial charge in [0.15, 0.2) is 5.76 Å². The van der Waals surface area contributed by atoms with Crippen LogP contribution in [0.4, 0.5) is 0 Å². The first kappa shape index (κ1) is 23.2. The first-order valence-electron chi connectivity index (χ1n) is 10.9. The molecule has 0 aromatic carbocycles. The Labute approximate surface area is 180 Å². The molecule has 2 heterocycles. The highest BCUT2D eigenvalue weighted by Gasteiger charge is 2.39. The summed E-state index contributed by atoms with van der Waals surface area (Å²) < 4.78 is 32.4. The summed E-state index contributed by atoms with van der Waals surface area (Å²) in [6, 6.07) is 0. The summed E-state index contributed by atoms with van der Waals surface area (Å²) in [5.41, 5.74) is 0.392. The van der Waals surface area contributed by atoms with Gasteiger partial charge in [0.25, 0.3) is 0 Å². The van der Waals surface area contributed by atoms with Crippen molar-refractivity contribution in [2.75, 3.05) is 33.7 Å². The molecule has 0 unspecified atom stereocenters.